The number of hydrogen-bond acceptors (Lipinski definition) is 1. The summed E-state index contributed by atoms with van der Waals surface area (Å²) >= 11 is 0. The van der Waals surface area contributed by atoms with Gasteiger partial charge in [-0.15, -0.1) is 0 Å². The Hall–Kier alpha value is -1.05. The number of carbonyl (C=O) groups is 1. The number of hydrogen-bond donors (Lipinski definition) is 1. The van der Waals surface area contributed by atoms with Crippen LogP contribution in [0.4, 0.5) is 0 Å². The molecule has 0 aliphatic carbocycles. The van der Waals surface area contributed by atoms with Crippen molar-refractivity contribution in [3.05, 3.63) is 24.3 Å². The van der Waals surface area contributed by atoms with Crippen molar-refractivity contribution in [2.75, 3.05) is 0 Å². The summed E-state index contributed by atoms with van der Waals surface area (Å²) in [7, 11) is 0. The monoisotopic (exact) mass is 279 g/mol. The van der Waals surface area contributed by atoms with Gasteiger partial charge in [0.15, 0.2) is 0 Å². The molecule has 0 spiro atoms. The summed E-state index contributed by atoms with van der Waals surface area (Å²) in [6.07, 6.45) is 11.8. The molecule has 0 rings (SSSR count). The lowest BCUT2D eigenvalue weighted by Gasteiger charge is -2.18. The van der Waals surface area contributed by atoms with Crippen molar-refractivity contribution in [1.29, 1.82) is 0 Å². The first-order chi connectivity index (χ1) is 9.54. The smallest absolute Gasteiger partial charge is 0.223 e. The first-order valence-electron chi connectivity index (χ1n) is 8.16. The molecule has 0 radical (unpaired) electrons. The molecular weight excluding hydrogens is 246 g/mol. The van der Waals surface area contributed by atoms with E-state index in [9.17, 15) is 4.79 Å². The molecule has 20 heavy (non-hydrogen) atoms. The average Bonchev–Trinajstić information content (AvgIpc) is 2.43. The summed E-state index contributed by atoms with van der Waals surface area (Å²) < 4.78 is 0. The second-order valence-electron chi connectivity index (χ2n) is 5.78. The van der Waals surface area contributed by atoms with Gasteiger partial charge < -0.3 is 5.32 Å². The lowest BCUT2D eigenvalue weighted by Crippen LogP contribution is -2.36. The Bertz CT molecular complexity index is 307. The maximum absolute atomic E-state index is 12.1. The number of rotatable bonds is 11. The maximum Gasteiger partial charge on any atom is 0.223 e. The van der Waals surface area contributed by atoms with Gasteiger partial charge in [0.05, 0.1) is 0 Å². The van der Waals surface area contributed by atoms with Crippen molar-refractivity contribution in [2.45, 2.75) is 78.7 Å². The van der Waals surface area contributed by atoms with Gasteiger partial charge in [0.1, 0.15) is 0 Å². The van der Waals surface area contributed by atoms with Crippen LogP contribution in [0.2, 0.25) is 0 Å². The highest BCUT2D eigenvalue weighted by Gasteiger charge is 2.15. The Morgan fingerprint density at radius 3 is 2.45 bits per heavy atom. The largest absolute Gasteiger partial charge is 0.353 e. The van der Waals surface area contributed by atoms with E-state index in [4.69, 9.17) is 0 Å². The van der Waals surface area contributed by atoms with Crippen molar-refractivity contribution in [3.63, 3.8) is 0 Å². The standard InChI is InChI=1S/C18H33NO/c1-6-9-11-12-15(4)18(20)19-16(5)14-17(8-3)13-10-7-2/h8,13,15-16H,3,6-7,9-12,14H2,1-2,4-5H3,(H,19,20)/b17-13+. The first-order valence-corrected chi connectivity index (χ1v) is 8.16. The zero-order valence-corrected chi connectivity index (χ0v) is 13.9. The van der Waals surface area contributed by atoms with Gasteiger partial charge in [-0.25, -0.2) is 0 Å². The van der Waals surface area contributed by atoms with Crippen molar-refractivity contribution in [3.8, 4) is 0 Å². The molecule has 0 aliphatic rings. The lowest BCUT2D eigenvalue weighted by atomic mass is 10.0. The van der Waals surface area contributed by atoms with Gasteiger partial charge in [-0.1, -0.05) is 70.8 Å². The Morgan fingerprint density at radius 1 is 1.20 bits per heavy atom. The lowest BCUT2D eigenvalue weighted by molar-refractivity contribution is -0.125. The van der Waals surface area contributed by atoms with Crippen LogP contribution >= 0.6 is 0 Å². The van der Waals surface area contributed by atoms with Crippen LogP contribution in [0, 0.1) is 5.92 Å². The highest BCUT2D eigenvalue weighted by atomic mass is 16.1. The third kappa shape index (κ3) is 8.95. The fourth-order valence-corrected chi connectivity index (χ4v) is 2.20. The third-order valence-corrected chi connectivity index (χ3v) is 3.58. The van der Waals surface area contributed by atoms with Crippen LogP contribution in [0.5, 0.6) is 0 Å². The van der Waals surface area contributed by atoms with Crippen LogP contribution in [0.1, 0.15) is 72.6 Å². The molecule has 0 aromatic carbocycles. The van der Waals surface area contributed by atoms with Crippen LogP contribution in [0.15, 0.2) is 24.3 Å². The fraction of sp³-hybridized carbons (Fsp3) is 0.722. The number of unbranched alkanes of at least 4 members (excludes halogenated alkanes) is 3. The number of nitrogens with one attached hydrogen (secondary N) is 1. The molecule has 2 heteroatoms. The molecule has 0 aliphatic heterocycles. The molecule has 0 heterocycles. The van der Waals surface area contributed by atoms with Crippen LogP contribution in [0.25, 0.3) is 0 Å². The van der Waals surface area contributed by atoms with E-state index in [1.165, 1.54) is 18.4 Å². The summed E-state index contributed by atoms with van der Waals surface area (Å²) in [4.78, 5) is 12.1. The quantitative estimate of drug-likeness (QED) is 0.418. The molecule has 0 bridgehead atoms. The van der Waals surface area contributed by atoms with Crippen molar-refractivity contribution in [2.24, 2.45) is 5.92 Å². The van der Waals surface area contributed by atoms with E-state index in [-0.39, 0.29) is 17.9 Å². The van der Waals surface area contributed by atoms with Gasteiger partial charge in [0.2, 0.25) is 5.91 Å². The van der Waals surface area contributed by atoms with Crippen LogP contribution < -0.4 is 5.32 Å². The van der Waals surface area contributed by atoms with E-state index in [1.807, 2.05) is 13.0 Å². The number of carbonyl (C=O) groups excluding carboxylic acids is 1. The molecule has 0 aromatic rings. The summed E-state index contributed by atoms with van der Waals surface area (Å²) in [5.41, 5.74) is 1.23. The molecule has 0 fully saturated rings. The normalized spacial score (nSPS) is 14.7. The molecule has 2 unspecified atom stereocenters. The van der Waals surface area contributed by atoms with E-state index >= 15 is 0 Å². The third-order valence-electron chi connectivity index (χ3n) is 3.58. The molecule has 2 nitrogen and oxygen atoms in total. The van der Waals surface area contributed by atoms with E-state index in [0.29, 0.717) is 0 Å². The number of allylic oxidation sites excluding steroid dienone is 2. The Labute approximate surface area is 125 Å². The van der Waals surface area contributed by atoms with E-state index in [0.717, 1.165) is 32.1 Å². The average molecular weight is 279 g/mol. The second-order valence-corrected chi connectivity index (χ2v) is 5.78. The van der Waals surface area contributed by atoms with E-state index < -0.39 is 0 Å². The van der Waals surface area contributed by atoms with Crippen molar-refractivity contribution in [1.82, 2.24) is 5.32 Å². The highest BCUT2D eigenvalue weighted by Crippen LogP contribution is 2.12. The van der Waals surface area contributed by atoms with Gasteiger partial charge in [-0.05, 0) is 26.2 Å². The predicted octanol–water partition coefficient (Wildman–Crippen LogP) is 5.01. The van der Waals surface area contributed by atoms with Crippen LogP contribution in [-0.4, -0.2) is 11.9 Å². The number of amides is 1. The fourth-order valence-electron chi connectivity index (χ4n) is 2.20. The molecule has 1 amide bonds. The maximum atomic E-state index is 12.1. The highest BCUT2D eigenvalue weighted by molar-refractivity contribution is 5.78. The predicted molar refractivity (Wildman–Crippen MR) is 88.7 cm³/mol. The molecule has 0 saturated heterocycles. The van der Waals surface area contributed by atoms with Gasteiger partial charge >= 0.3 is 0 Å². The summed E-state index contributed by atoms with van der Waals surface area (Å²) in [5, 5.41) is 3.12. The van der Waals surface area contributed by atoms with Crippen molar-refractivity contribution >= 4 is 5.91 Å². The molecular formula is C18H33NO. The van der Waals surface area contributed by atoms with Gasteiger partial charge in [0, 0.05) is 12.0 Å². The molecule has 1 N–H and O–H groups in total. The zero-order chi connectivity index (χ0) is 15.4. The Balaban J connectivity index is 4.13. The topological polar surface area (TPSA) is 29.1 Å². The van der Waals surface area contributed by atoms with E-state index in [2.05, 4.69) is 38.7 Å². The SMILES string of the molecule is C=C/C(=C\CCC)CC(C)NC(=O)C(C)CCCCC. The van der Waals surface area contributed by atoms with Crippen molar-refractivity contribution < 1.29 is 4.79 Å². The Kier molecular flexibility index (Phi) is 11.1. The summed E-state index contributed by atoms with van der Waals surface area (Å²) in [6, 6.07) is 0.178. The van der Waals surface area contributed by atoms with Crippen LogP contribution in [-0.2, 0) is 4.79 Å². The summed E-state index contributed by atoms with van der Waals surface area (Å²) in [5.74, 6) is 0.309. The Morgan fingerprint density at radius 2 is 1.90 bits per heavy atom. The molecule has 2 atom stereocenters. The molecule has 116 valence electrons. The minimum atomic E-state index is 0.121. The van der Waals surface area contributed by atoms with E-state index in [1.54, 1.807) is 0 Å². The van der Waals surface area contributed by atoms with Gasteiger partial charge in [-0.3, -0.25) is 4.79 Å². The van der Waals surface area contributed by atoms with Gasteiger partial charge in [-0.2, -0.15) is 0 Å². The minimum Gasteiger partial charge on any atom is -0.353 e. The summed E-state index contributed by atoms with van der Waals surface area (Å²) in [6.45, 7) is 12.3. The van der Waals surface area contributed by atoms with Gasteiger partial charge in [0.25, 0.3) is 0 Å². The second kappa shape index (κ2) is 11.7. The zero-order valence-electron chi connectivity index (χ0n) is 13.9. The van der Waals surface area contributed by atoms with Crippen LogP contribution in [0.3, 0.4) is 0 Å². The minimum absolute atomic E-state index is 0.121. The molecule has 0 aromatic heterocycles. The molecule has 0 saturated carbocycles. The first kappa shape index (κ1) is 18.9.